The number of nitrogens with zero attached hydrogens (tertiary/aromatic N) is 2. The fourth-order valence-corrected chi connectivity index (χ4v) is 3.13. The van der Waals surface area contributed by atoms with Gasteiger partial charge in [0.25, 0.3) is 0 Å². The molecule has 3 atom stereocenters. The van der Waals surface area contributed by atoms with Crippen molar-refractivity contribution in [1.29, 1.82) is 0 Å². The Morgan fingerprint density at radius 1 is 1.53 bits per heavy atom. The average molecular weight is 257 g/mol. The molecule has 4 heteroatoms. The third kappa shape index (κ3) is 2.66. The first-order valence-corrected chi connectivity index (χ1v) is 6.73. The van der Waals surface area contributed by atoms with E-state index in [1.165, 1.54) is 6.42 Å². The Hall–Kier alpha value is -0.540. The van der Waals surface area contributed by atoms with Crippen molar-refractivity contribution in [2.75, 3.05) is 0 Å². The maximum Gasteiger partial charge on any atom is 0.130 e. The first-order valence-electron chi connectivity index (χ1n) is 6.35. The molecule has 0 amide bonds. The van der Waals surface area contributed by atoms with Crippen LogP contribution in [0.1, 0.15) is 37.4 Å². The Balaban J connectivity index is 2.05. The Morgan fingerprint density at radius 2 is 2.24 bits per heavy atom. The van der Waals surface area contributed by atoms with Crippen LogP contribution in [0.5, 0.6) is 0 Å². The van der Waals surface area contributed by atoms with Gasteiger partial charge >= 0.3 is 0 Å². The van der Waals surface area contributed by atoms with Gasteiger partial charge in [-0.3, -0.25) is 4.68 Å². The molecule has 1 saturated carbocycles. The van der Waals surface area contributed by atoms with Crippen LogP contribution < -0.4 is 0 Å². The second-order valence-corrected chi connectivity index (χ2v) is 5.79. The lowest BCUT2D eigenvalue weighted by Gasteiger charge is -2.17. The molecule has 0 spiro atoms. The molecule has 17 heavy (non-hydrogen) atoms. The van der Waals surface area contributed by atoms with Crippen LogP contribution in [0.25, 0.3) is 0 Å². The van der Waals surface area contributed by atoms with Crippen LogP contribution in [-0.2, 0) is 13.5 Å². The first-order chi connectivity index (χ1) is 7.99. The SMILES string of the molecule is Cc1nn(C)c(Cl)c1CC(O)C1CCC(C)C1. The Kier molecular flexibility index (Phi) is 3.79. The average Bonchev–Trinajstić information content (AvgIpc) is 2.79. The molecule has 0 bridgehead atoms. The monoisotopic (exact) mass is 256 g/mol. The van der Waals surface area contributed by atoms with Crippen molar-refractivity contribution in [2.45, 2.75) is 45.6 Å². The molecule has 0 radical (unpaired) electrons. The summed E-state index contributed by atoms with van der Waals surface area (Å²) in [5.74, 6) is 1.18. The predicted molar refractivity (Wildman–Crippen MR) is 69.2 cm³/mol. The molecule has 3 nitrogen and oxygen atoms in total. The molecule has 1 N–H and O–H groups in total. The summed E-state index contributed by atoms with van der Waals surface area (Å²) in [6.07, 6.45) is 3.87. The van der Waals surface area contributed by atoms with E-state index in [0.29, 0.717) is 17.5 Å². The van der Waals surface area contributed by atoms with Crippen molar-refractivity contribution in [3.8, 4) is 0 Å². The van der Waals surface area contributed by atoms with Crippen LogP contribution in [0.2, 0.25) is 5.15 Å². The van der Waals surface area contributed by atoms with E-state index in [0.717, 1.165) is 30.0 Å². The van der Waals surface area contributed by atoms with Crippen LogP contribution in [0.4, 0.5) is 0 Å². The summed E-state index contributed by atoms with van der Waals surface area (Å²) in [5.41, 5.74) is 1.93. The van der Waals surface area contributed by atoms with Gasteiger partial charge < -0.3 is 5.11 Å². The highest BCUT2D eigenvalue weighted by molar-refractivity contribution is 6.30. The van der Waals surface area contributed by atoms with Gasteiger partial charge in [0.15, 0.2) is 0 Å². The fraction of sp³-hybridized carbons (Fsp3) is 0.769. The highest BCUT2D eigenvalue weighted by Crippen LogP contribution is 2.34. The van der Waals surface area contributed by atoms with Crippen LogP contribution in [0, 0.1) is 18.8 Å². The van der Waals surface area contributed by atoms with E-state index in [1.54, 1.807) is 4.68 Å². The molecule has 1 aromatic rings. The van der Waals surface area contributed by atoms with Crippen LogP contribution in [0.3, 0.4) is 0 Å². The third-order valence-corrected chi connectivity index (χ3v) is 4.44. The van der Waals surface area contributed by atoms with E-state index in [2.05, 4.69) is 12.0 Å². The Morgan fingerprint density at radius 3 is 2.71 bits per heavy atom. The van der Waals surface area contributed by atoms with E-state index in [1.807, 2.05) is 14.0 Å². The second-order valence-electron chi connectivity index (χ2n) is 5.43. The smallest absolute Gasteiger partial charge is 0.130 e. The summed E-state index contributed by atoms with van der Waals surface area (Å²) >= 11 is 6.18. The minimum Gasteiger partial charge on any atom is -0.392 e. The lowest BCUT2D eigenvalue weighted by Crippen LogP contribution is -2.21. The number of hydrogen-bond acceptors (Lipinski definition) is 2. The summed E-state index contributed by atoms with van der Waals surface area (Å²) in [6.45, 7) is 4.21. The van der Waals surface area contributed by atoms with Gasteiger partial charge in [-0.05, 0) is 31.6 Å². The minimum absolute atomic E-state index is 0.277. The summed E-state index contributed by atoms with van der Waals surface area (Å²) in [6, 6.07) is 0. The Bertz CT molecular complexity index is 402. The molecule has 1 heterocycles. The number of aromatic nitrogens is 2. The van der Waals surface area contributed by atoms with Crippen LogP contribution >= 0.6 is 11.6 Å². The highest BCUT2D eigenvalue weighted by atomic mass is 35.5. The van der Waals surface area contributed by atoms with Crippen LogP contribution in [0.15, 0.2) is 0 Å². The molecule has 1 fully saturated rings. The molecule has 0 aromatic carbocycles. The molecule has 3 unspecified atom stereocenters. The minimum atomic E-state index is -0.277. The number of rotatable bonds is 3. The molecule has 1 aromatic heterocycles. The van der Waals surface area contributed by atoms with Gasteiger partial charge in [-0.25, -0.2) is 0 Å². The number of aliphatic hydroxyl groups excluding tert-OH is 1. The van der Waals surface area contributed by atoms with Gasteiger partial charge in [-0.1, -0.05) is 24.9 Å². The second kappa shape index (κ2) is 4.99. The molecular formula is C13H21ClN2O. The molecule has 2 rings (SSSR count). The molecule has 1 aliphatic rings. The number of halogens is 1. The van der Waals surface area contributed by atoms with Gasteiger partial charge in [0.2, 0.25) is 0 Å². The van der Waals surface area contributed by atoms with Crippen molar-refractivity contribution in [3.63, 3.8) is 0 Å². The Labute approximate surface area is 108 Å². The fourth-order valence-electron chi connectivity index (χ4n) is 2.88. The quantitative estimate of drug-likeness (QED) is 0.903. The largest absolute Gasteiger partial charge is 0.392 e. The van der Waals surface area contributed by atoms with Crippen molar-refractivity contribution in [3.05, 3.63) is 16.4 Å². The lowest BCUT2D eigenvalue weighted by atomic mass is 9.94. The lowest BCUT2D eigenvalue weighted by molar-refractivity contribution is 0.109. The molecule has 0 saturated heterocycles. The predicted octanol–water partition coefficient (Wildman–Crippen LogP) is 2.72. The number of aliphatic hydroxyl groups is 1. The van der Waals surface area contributed by atoms with Crippen molar-refractivity contribution >= 4 is 11.6 Å². The zero-order valence-corrected chi connectivity index (χ0v) is 11.5. The third-order valence-electron chi connectivity index (χ3n) is 3.96. The number of hydrogen-bond donors (Lipinski definition) is 1. The first kappa shape index (κ1) is 12.9. The van der Waals surface area contributed by atoms with E-state index < -0.39 is 0 Å². The summed E-state index contributed by atoms with van der Waals surface area (Å²) in [5, 5.41) is 15.2. The summed E-state index contributed by atoms with van der Waals surface area (Å²) < 4.78 is 1.68. The van der Waals surface area contributed by atoms with Gasteiger partial charge in [-0.2, -0.15) is 5.10 Å². The van der Waals surface area contributed by atoms with E-state index in [-0.39, 0.29) is 6.10 Å². The normalized spacial score (nSPS) is 26.4. The maximum absolute atomic E-state index is 10.3. The summed E-state index contributed by atoms with van der Waals surface area (Å²) in [4.78, 5) is 0. The molecular weight excluding hydrogens is 236 g/mol. The highest BCUT2D eigenvalue weighted by Gasteiger charge is 2.28. The molecule has 96 valence electrons. The van der Waals surface area contributed by atoms with Gasteiger partial charge in [0.05, 0.1) is 11.8 Å². The molecule has 1 aliphatic carbocycles. The topological polar surface area (TPSA) is 38.0 Å². The van der Waals surface area contributed by atoms with E-state index >= 15 is 0 Å². The standard InChI is InChI=1S/C13H21ClN2O/c1-8-4-5-10(6-8)12(17)7-11-9(2)15-16(3)13(11)14/h8,10,12,17H,4-7H2,1-3H3. The molecule has 0 aliphatic heterocycles. The zero-order valence-electron chi connectivity index (χ0n) is 10.8. The van der Waals surface area contributed by atoms with Gasteiger partial charge in [-0.15, -0.1) is 0 Å². The van der Waals surface area contributed by atoms with Crippen molar-refractivity contribution in [1.82, 2.24) is 9.78 Å². The van der Waals surface area contributed by atoms with Crippen LogP contribution in [-0.4, -0.2) is 21.0 Å². The van der Waals surface area contributed by atoms with E-state index in [4.69, 9.17) is 11.6 Å². The zero-order chi connectivity index (χ0) is 12.6. The van der Waals surface area contributed by atoms with Gasteiger partial charge in [0.1, 0.15) is 5.15 Å². The van der Waals surface area contributed by atoms with E-state index in [9.17, 15) is 5.11 Å². The summed E-state index contributed by atoms with van der Waals surface area (Å²) in [7, 11) is 1.84. The number of aryl methyl sites for hydroxylation is 2. The van der Waals surface area contributed by atoms with Crippen molar-refractivity contribution < 1.29 is 5.11 Å². The van der Waals surface area contributed by atoms with Crippen molar-refractivity contribution in [2.24, 2.45) is 18.9 Å². The van der Waals surface area contributed by atoms with Gasteiger partial charge in [0, 0.05) is 19.0 Å². The maximum atomic E-state index is 10.3.